The number of nitrogens with one attached hydrogen (secondary N) is 2. The molecular formula is C29H31N5O2. The molecule has 2 aliphatic heterocycles. The zero-order chi connectivity index (χ0) is 24.5. The fourth-order valence-electron chi connectivity index (χ4n) is 5.73. The van der Waals surface area contributed by atoms with Gasteiger partial charge in [-0.1, -0.05) is 12.0 Å². The van der Waals surface area contributed by atoms with E-state index in [1.165, 1.54) is 5.56 Å². The number of ether oxygens (including phenoxy) is 1. The molecule has 1 saturated carbocycles. The van der Waals surface area contributed by atoms with Gasteiger partial charge in [0.1, 0.15) is 11.5 Å². The molecule has 3 aliphatic rings. The van der Waals surface area contributed by atoms with E-state index in [9.17, 15) is 4.79 Å². The molecule has 3 fully saturated rings. The third kappa shape index (κ3) is 4.59. The van der Waals surface area contributed by atoms with Gasteiger partial charge in [-0.05, 0) is 87.1 Å². The van der Waals surface area contributed by atoms with Crippen LogP contribution in [0.1, 0.15) is 60.5 Å². The molecule has 2 saturated heterocycles. The Kier molecular flexibility index (Phi) is 6.16. The second kappa shape index (κ2) is 9.61. The van der Waals surface area contributed by atoms with Gasteiger partial charge in [0, 0.05) is 54.2 Å². The summed E-state index contributed by atoms with van der Waals surface area (Å²) in [6.07, 6.45) is 10.7. The first kappa shape index (κ1) is 23.1. The minimum absolute atomic E-state index is 0.0796. The SMILES string of the molecule is Cc1ncc(C#Cc2ccc(C3CCOCC3)cn2)c2cc(NC(=O)C3CC34CCNCC4)ncc12. The Hall–Kier alpha value is -3.34. The summed E-state index contributed by atoms with van der Waals surface area (Å²) < 4.78 is 5.47. The summed E-state index contributed by atoms with van der Waals surface area (Å²) in [5, 5.41) is 8.33. The lowest BCUT2D eigenvalue weighted by Gasteiger charge is -2.23. The van der Waals surface area contributed by atoms with Gasteiger partial charge < -0.3 is 15.4 Å². The maximum Gasteiger partial charge on any atom is 0.229 e. The molecule has 3 aromatic heterocycles. The highest BCUT2D eigenvalue weighted by atomic mass is 16.5. The van der Waals surface area contributed by atoms with Crippen LogP contribution in [0.25, 0.3) is 10.8 Å². The molecule has 1 aliphatic carbocycles. The topological polar surface area (TPSA) is 89.0 Å². The molecule has 7 heteroatoms. The number of amides is 1. The van der Waals surface area contributed by atoms with Gasteiger partial charge in [-0.3, -0.25) is 9.78 Å². The summed E-state index contributed by atoms with van der Waals surface area (Å²) in [6.45, 7) is 5.59. The fraction of sp³-hybridized carbons (Fsp3) is 0.448. The van der Waals surface area contributed by atoms with Gasteiger partial charge in [-0.2, -0.15) is 0 Å². The summed E-state index contributed by atoms with van der Waals surface area (Å²) in [4.78, 5) is 26.6. The van der Waals surface area contributed by atoms with E-state index in [0.717, 1.165) is 86.1 Å². The standard InChI is InChI=1S/C29H31N5O2/c1-19-25-18-33-27(34-28(35)26-15-29(26)8-10-30-11-9-29)14-24(25)22(17-31-19)3-5-23-4-2-21(16-32-23)20-6-12-36-13-7-20/h2,4,14,16-18,20,26,30H,6-13,15H2,1H3,(H,33,34,35). The predicted molar refractivity (Wildman–Crippen MR) is 139 cm³/mol. The number of carbonyl (C=O) groups is 1. The van der Waals surface area contributed by atoms with Crippen LogP contribution in [0.15, 0.2) is 36.8 Å². The van der Waals surface area contributed by atoms with Crippen LogP contribution in [0.4, 0.5) is 5.82 Å². The molecule has 2 N–H and O–H groups in total. The van der Waals surface area contributed by atoms with Gasteiger partial charge >= 0.3 is 0 Å². The number of aryl methyl sites for hydroxylation is 1. The number of piperidine rings is 1. The molecule has 1 spiro atoms. The lowest BCUT2D eigenvalue weighted by atomic mass is 9.92. The molecule has 36 heavy (non-hydrogen) atoms. The number of hydrogen-bond acceptors (Lipinski definition) is 6. The predicted octanol–water partition coefficient (Wildman–Crippen LogP) is 3.96. The molecular weight excluding hydrogens is 450 g/mol. The minimum Gasteiger partial charge on any atom is -0.381 e. The average Bonchev–Trinajstić information content (AvgIpc) is 3.62. The molecule has 1 unspecified atom stereocenters. The highest BCUT2D eigenvalue weighted by Gasteiger charge is 2.57. The van der Waals surface area contributed by atoms with E-state index in [-0.39, 0.29) is 17.2 Å². The fourth-order valence-corrected chi connectivity index (χ4v) is 5.73. The van der Waals surface area contributed by atoms with Gasteiger partial charge in [0.2, 0.25) is 5.91 Å². The Balaban J connectivity index is 1.22. The van der Waals surface area contributed by atoms with Crippen LogP contribution in [-0.2, 0) is 9.53 Å². The molecule has 0 radical (unpaired) electrons. The van der Waals surface area contributed by atoms with Crippen molar-refractivity contribution in [2.45, 2.75) is 44.9 Å². The van der Waals surface area contributed by atoms with Crippen LogP contribution >= 0.6 is 0 Å². The van der Waals surface area contributed by atoms with Gasteiger partial charge in [0.15, 0.2) is 0 Å². The van der Waals surface area contributed by atoms with Gasteiger partial charge in [-0.15, -0.1) is 0 Å². The molecule has 5 heterocycles. The second-order valence-electron chi connectivity index (χ2n) is 10.3. The number of aromatic nitrogens is 3. The highest BCUT2D eigenvalue weighted by molar-refractivity contribution is 5.97. The molecule has 0 bridgehead atoms. The molecule has 6 rings (SSSR count). The summed E-state index contributed by atoms with van der Waals surface area (Å²) in [7, 11) is 0. The van der Waals surface area contributed by atoms with Crippen LogP contribution in [0.3, 0.4) is 0 Å². The minimum atomic E-state index is 0.0796. The number of rotatable bonds is 3. The van der Waals surface area contributed by atoms with Crippen molar-refractivity contribution in [2.24, 2.45) is 11.3 Å². The zero-order valence-corrected chi connectivity index (χ0v) is 20.6. The van der Waals surface area contributed by atoms with Crippen molar-refractivity contribution in [3.63, 3.8) is 0 Å². The Bertz CT molecular complexity index is 1350. The maximum atomic E-state index is 13.0. The van der Waals surface area contributed by atoms with E-state index in [2.05, 4.69) is 43.5 Å². The van der Waals surface area contributed by atoms with Gasteiger partial charge in [0.05, 0.1) is 5.56 Å². The van der Waals surface area contributed by atoms with Crippen molar-refractivity contribution in [3.8, 4) is 11.8 Å². The lowest BCUT2D eigenvalue weighted by Crippen LogP contribution is -2.31. The zero-order valence-electron chi connectivity index (χ0n) is 20.6. The van der Waals surface area contributed by atoms with Gasteiger partial charge in [0.25, 0.3) is 0 Å². The first-order valence-corrected chi connectivity index (χ1v) is 12.9. The maximum absolute atomic E-state index is 13.0. The molecule has 1 atom stereocenters. The monoisotopic (exact) mass is 481 g/mol. The summed E-state index contributed by atoms with van der Waals surface area (Å²) in [5.74, 6) is 7.69. The van der Waals surface area contributed by atoms with Crippen LogP contribution < -0.4 is 10.6 Å². The Morgan fingerprint density at radius 3 is 2.67 bits per heavy atom. The Morgan fingerprint density at radius 2 is 1.89 bits per heavy atom. The highest BCUT2D eigenvalue weighted by Crippen LogP contribution is 2.58. The first-order valence-electron chi connectivity index (χ1n) is 12.9. The lowest BCUT2D eigenvalue weighted by molar-refractivity contribution is -0.118. The van der Waals surface area contributed by atoms with Gasteiger partial charge in [-0.25, -0.2) is 9.97 Å². The quantitative estimate of drug-likeness (QED) is 0.551. The summed E-state index contributed by atoms with van der Waals surface area (Å²) in [6, 6.07) is 6.04. The number of nitrogens with zero attached hydrogens (tertiary/aromatic N) is 3. The third-order valence-electron chi connectivity index (χ3n) is 8.13. The van der Waals surface area contributed by atoms with E-state index in [0.29, 0.717) is 11.7 Å². The molecule has 7 nitrogen and oxygen atoms in total. The van der Waals surface area contributed by atoms with Crippen LogP contribution in [0.2, 0.25) is 0 Å². The third-order valence-corrected chi connectivity index (χ3v) is 8.13. The van der Waals surface area contributed by atoms with Crippen molar-refractivity contribution in [1.82, 2.24) is 20.3 Å². The first-order chi connectivity index (χ1) is 17.6. The van der Waals surface area contributed by atoms with Crippen LogP contribution in [0, 0.1) is 30.1 Å². The van der Waals surface area contributed by atoms with Crippen molar-refractivity contribution >= 4 is 22.5 Å². The second-order valence-corrected chi connectivity index (χ2v) is 10.3. The summed E-state index contributed by atoms with van der Waals surface area (Å²) in [5.41, 5.74) is 3.85. The van der Waals surface area contributed by atoms with E-state index < -0.39 is 0 Å². The van der Waals surface area contributed by atoms with Crippen molar-refractivity contribution in [1.29, 1.82) is 0 Å². The molecule has 1 amide bonds. The number of anilines is 1. The van der Waals surface area contributed by atoms with Crippen LogP contribution in [-0.4, -0.2) is 47.2 Å². The number of fused-ring (bicyclic) bond motifs is 1. The molecule has 184 valence electrons. The van der Waals surface area contributed by atoms with E-state index in [1.54, 1.807) is 12.4 Å². The van der Waals surface area contributed by atoms with E-state index in [4.69, 9.17) is 4.74 Å². The number of carbonyl (C=O) groups excluding carboxylic acids is 1. The van der Waals surface area contributed by atoms with Crippen molar-refractivity contribution in [2.75, 3.05) is 31.6 Å². The van der Waals surface area contributed by atoms with Crippen molar-refractivity contribution in [3.05, 3.63) is 59.3 Å². The number of pyridine rings is 3. The molecule has 3 aromatic rings. The van der Waals surface area contributed by atoms with E-state index in [1.807, 2.05) is 25.3 Å². The average molecular weight is 482 g/mol. The smallest absolute Gasteiger partial charge is 0.229 e. The van der Waals surface area contributed by atoms with E-state index >= 15 is 0 Å². The summed E-state index contributed by atoms with van der Waals surface area (Å²) >= 11 is 0. The van der Waals surface area contributed by atoms with Crippen molar-refractivity contribution < 1.29 is 9.53 Å². The largest absolute Gasteiger partial charge is 0.381 e. The van der Waals surface area contributed by atoms with Crippen LogP contribution in [0.5, 0.6) is 0 Å². The Morgan fingerprint density at radius 1 is 1.06 bits per heavy atom. The normalized spacial score (nSPS) is 21.1. The number of hydrogen-bond donors (Lipinski definition) is 2. The Labute approximate surface area is 211 Å². The molecule has 0 aromatic carbocycles.